The third-order valence-electron chi connectivity index (χ3n) is 2.41. The first kappa shape index (κ1) is 16.8. The fourth-order valence-corrected chi connectivity index (χ4v) is 1.50. The molecule has 114 valence electrons. The number of methoxy groups -OCH3 is 1. The Morgan fingerprint density at radius 3 is 2.33 bits per heavy atom. The Bertz CT molecular complexity index is 512. The van der Waals surface area contributed by atoms with Crippen molar-refractivity contribution in [3.8, 4) is 0 Å². The molecule has 1 amide bonds. The summed E-state index contributed by atoms with van der Waals surface area (Å²) in [5.74, 6) is -0.364. The molecule has 0 saturated heterocycles. The monoisotopic (exact) mass is 291 g/mol. The molecule has 0 atom stereocenters. The van der Waals surface area contributed by atoms with Crippen LogP contribution in [-0.2, 0) is 9.47 Å². The van der Waals surface area contributed by atoms with E-state index in [9.17, 15) is 9.59 Å². The van der Waals surface area contributed by atoms with Gasteiger partial charge in [-0.2, -0.15) is 0 Å². The van der Waals surface area contributed by atoms with E-state index in [2.05, 4.69) is 10.1 Å². The predicted molar refractivity (Wildman–Crippen MR) is 81.1 cm³/mol. The van der Waals surface area contributed by atoms with E-state index < -0.39 is 11.7 Å². The normalized spacial score (nSPS) is 11.2. The van der Waals surface area contributed by atoms with Crippen molar-refractivity contribution in [1.82, 2.24) is 5.32 Å². The summed E-state index contributed by atoms with van der Waals surface area (Å²) in [7, 11) is 1.35. The molecule has 0 radical (unpaired) electrons. The molecule has 0 aromatic heterocycles. The van der Waals surface area contributed by atoms with Gasteiger partial charge in [-0.25, -0.2) is 9.59 Å². The Kier molecular flexibility index (Phi) is 5.96. The Morgan fingerprint density at radius 1 is 1.19 bits per heavy atom. The zero-order chi connectivity index (χ0) is 15.9. The van der Waals surface area contributed by atoms with Gasteiger partial charge in [0.25, 0.3) is 0 Å². The molecule has 0 spiro atoms. The topological polar surface area (TPSA) is 64.6 Å². The maximum absolute atomic E-state index is 11.4. The predicted octanol–water partition coefficient (Wildman–Crippen LogP) is 3.01. The molecule has 5 heteroatoms. The van der Waals surface area contributed by atoms with Gasteiger partial charge >= 0.3 is 12.1 Å². The minimum absolute atomic E-state index is 0.364. The standard InChI is InChI=1S/C16H21NO4/c1-16(2,3)21-15(19)17-11-5-6-12-7-9-13(10-8-12)14(18)20-4/h5-10H,11H2,1-4H3,(H,17,19)/b6-5-. The summed E-state index contributed by atoms with van der Waals surface area (Å²) in [6, 6.07) is 6.98. The first-order chi connectivity index (χ1) is 9.81. The molecule has 1 aromatic rings. The molecule has 0 saturated carbocycles. The molecule has 0 fully saturated rings. The van der Waals surface area contributed by atoms with Crippen LogP contribution in [0.4, 0.5) is 4.79 Å². The lowest BCUT2D eigenvalue weighted by atomic mass is 10.1. The Morgan fingerprint density at radius 2 is 1.81 bits per heavy atom. The first-order valence-electron chi connectivity index (χ1n) is 6.63. The number of alkyl carbamates (subject to hydrolysis) is 1. The van der Waals surface area contributed by atoms with Crippen LogP contribution < -0.4 is 5.32 Å². The molecule has 0 aliphatic heterocycles. The first-order valence-corrected chi connectivity index (χ1v) is 6.63. The van der Waals surface area contributed by atoms with Crippen LogP contribution in [0.25, 0.3) is 6.08 Å². The van der Waals surface area contributed by atoms with Gasteiger partial charge in [-0.1, -0.05) is 24.3 Å². The van der Waals surface area contributed by atoms with Gasteiger partial charge in [0.05, 0.1) is 12.7 Å². The van der Waals surface area contributed by atoms with Crippen molar-refractivity contribution < 1.29 is 19.1 Å². The minimum Gasteiger partial charge on any atom is -0.465 e. The minimum atomic E-state index is -0.502. The number of amides is 1. The number of hydrogen-bond acceptors (Lipinski definition) is 4. The number of nitrogens with one attached hydrogen (secondary N) is 1. The number of esters is 1. The Labute approximate surface area is 124 Å². The van der Waals surface area contributed by atoms with Crippen LogP contribution in [0.2, 0.25) is 0 Å². The highest BCUT2D eigenvalue weighted by Gasteiger charge is 2.14. The average molecular weight is 291 g/mol. The molecule has 0 aliphatic carbocycles. The van der Waals surface area contributed by atoms with Gasteiger partial charge in [0, 0.05) is 6.54 Å². The fraction of sp³-hybridized carbons (Fsp3) is 0.375. The third-order valence-corrected chi connectivity index (χ3v) is 2.41. The lowest BCUT2D eigenvalue weighted by Gasteiger charge is -2.19. The lowest BCUT2D eigenvalue weighted by Crippen LogP contribution is -2.32. The molecule has 1 aromatic carbocycles. The van der Waals surface area contributed by atoms with Gasteiger partial charge in [-0.05, 0) is 38.5 Å². The SMILES string of the molecule is COC(=O)c1ccc(/C=C\CNC(=O)OC(C)(C)C)cc1. The van der Waals surface area contributed by atoms with Crippen molar-refractivity contribution in [1.29, 1.82) is 0 Å². The summed E-state index contributed by atoms with van der Waals surface area (Å²) in [6.07, 6.45) is 3.20. The number of carbonyl (C=O) groups excluding carboxylic acids is 2. The second-order valence-electron chi connectivity index (χ2n) is 5.40. The smallest absolute Gasteiger partial charge is 0.407 e. The molecular formula is C16H21NO4. The highest BCUT2D eigenvalue weighted by atomic mass is 16.6. The molecule has 5 nitrogen and oxygen atoms in total. The summed E-state index contributed by atoms with van der Waals surface area (Å²) in [6.45, 7) is 5.80. The third kappa shape index (κ3) is 6.61. The molecule has 0 bridgehead atoms. The van der Waals surface area contributed by atoms with Gasteiger partial charge in [-0.3, -0.25) is 0 Å². The van der Waals surface area contributed by atoms with Gasteiger partial charge in [-0.15, -0.1) is 0 Å². The maximum atomic E-state index is 11.4. The summed E-state index contributed by atoms with van der Waals surface area (Å²) >= 11 is 0. The van der Waals surface area contributed by atoms with E-state index in [1.165, 1.54) is 7.11 Å². The van der Waals surface area contributed by atoms with Gasteiger partial charge < -0.3 is 14.8 Å². The highest BCUT2D eigenvalue weighted by molar-refractivity contribution is 5.89. The van der Waals surface area contributed by atoms with Crippen molar-refractivity contribution in [3.63, 3.8) is 0 Å². The van der Waals surface area contributed by atoms with E-state index in [1.54, 1.807) is 30.3 Å². The number of hydrogen-bond donors (Lipinski definition) is 1. The number of rotatable bonds is 4. The van der Waals surface area contributed by atoms with E-state index in [-0.39, 0.29) is 5.97 Å². The molecule has 1 rings (SSSR count). The number of benzene rings is 1. The van der Waals surface area contributed by atoms with Crippen LogP contribution >= 0.6 is 0 Å². The van der Waals surface area contributed by atoms with Crippen molar-refractivity contribution in [2.75, 3.05) is 13.7 Å². The van der Waals surface area contributed by atoms with Crippen LogP contribution in [-0.4, -0.2) is 31.3 Å². The average Bonchev–Trinajstić information content (AvgIpc) is 2.41. The lowest BCUT2D eigenvalue weighted by molar-refractivity contribution is 0.0532. The quantitative estimate of drug-likeness (QED) is 0.866. The number of carbonyl (C=O) groups is 2. The van der Waals surface area contributed by atoms with Crippen LogP contribution in [0.15, 0.2) is 30.3 Å². The van der Waals surface area contributed by atoms with Crippen molar-refractivity contribution in [3.05, 3.63) is 41.5 Å². The summed E-state index contributed by atoms with van der Waals surface area (Å²) in [5, 5.41) is 2.63. The van der Waals surface area contributed by atoms with Crippen LogP contribution in [0, 0.1) is 0 Å². The Hall–Kier alpha value is -2.30. The van der Waals surface area contributed by atoms with Crippen LogP contribution in [0.5, 0.6) is 0 Å². The fourth-order valence-electron chi connectivity index (χ4n) is 1.50. The molecule has 1 N–H and O–H groups in total. The molecule has 0 aliphatic rings. The summed E-state index contributed by atoms with van der Waals surface area (Å²) in [5.41, 5.74) is 0.924. The van der Waals surface area contributed by atoms with E-state index in [4.69, 9.17) is 4.74 Å². The van der Waals surface area contributed by atoms with Gasteiger partial charge in [0.15, 0.2) is 0 Å². The largest absolute Gasteiger partial charge is 0.465 e. The molecule has 0 unspecified atom stereocenters. The molecule has 0 heterocycles. The Balaban J connectivity index is 2.44. The van der Waals surface area contributed by atoms with Crippen molar-refractivity contribution in [2.24, 2.45) is 0 Å². The summed E-state index contributed by atoms with van der Waals surface area (Å²) < 4.78 is 9.73. The second-order valence-corrected chi connectivity index (χ2v) is 5.40. The van der Waals surface area contributed by atoms with E-state index in [1.807, 2.05) is 26.8 Å². The van der Waals surface area contributed by atoms with Crippen LogP contribution in [0.3, 0.4) is 0 Å². The zero-order valence-corrected chi connectivity index (χ0v) is 12.8. The number of ether oxygens (including phenoxy) is 2. The van der Waals surface area contributed by atoms with E-state index in [0.29, 0.717) is 12.1 Å². The van der Waals surface area contributed by atoms with E-state index in [0.717, 1.165) is 5.56 Å². The molecule has 21 heavy (non-hydrogen) atoms. The highest BCUT2D eigenvalue weighted by Crippen LogP contribution is 2.08. The summed E-state index contributed by atoms with van der Waals surface area (Å²) in [4.78, 5) is 22.7. The van der Waals surface area contributed by atoms with Gasteiger partial charge in [0.1, 0.15) is 5.60 Å². The maximum Gasteiger partial charge on any atom is 0.407 e. The zero-order valence-electron chi connectivity index (χ0n) is 12.8. The second kappa shape index (κ2) is 7.47. The van der Waals surface area contributed by atoms with Crippen molar-refractivity contribution in [2.45, 2.75) is 26.4 Å². The van der Waals surface area contributed by atoms with Crippen molar-refractivity contribution >= 4 is 18.1 Å². The van der Waals surface area contributed by atoms with E-state index >= 15 is 0 Å². The van der Waals surface area contributed by atoms with Gasteiger partial charge in [0.2, 0.25) is 0 Å². The molecular weight excluding hydrogens is 270 g/mol. The van der Waals surface area contributed by atoms with Crippen LogP contribution in [0.1, 0.15) is 36.7 Å².